The van der Waals surface area contributed by atoms with E-state index in [-0.39, 0.29) is 29.6 Å². The molecule has 4 nitrogen and oxygen atoms in total. The van der Waals surface area contributed by atoms with E-state index >= 15 is 0 Å². The van der Waals surface area contributed by atoms with Crippen LogP contribution in [0.3, 0.4) is 0 Å². The quantitative estimate of drug-likeness (QED) is 0.767. The molecule has 94 valence electrons. The second-order valence-corrected chi connectivity index (χ2v) is 4.52. The molecule has 1 aliphatic heterocycles. The topological polar surface area (TPSA) is 60.8 Å². The molecule has 0 bridgehead atoms. The number of benzene rings is 1. The molecule has 0 aliphatic carbocycles. The molecule has 2 unspecified atom stereocenters. The van der Waals surface area contributed by atoms with Crippen molar-refractivity contribution >= 4 is 35.5 Å². The van der Waals surface area contributed by atoms with Crippen molar-refractivity contribution < 1.29 is 15.0 Å². The predicted octanol–water partition coefficient (Wildman–Crippen LogP) is 0.306. The summed E-state index contributed by atoms with van der Waals surface area (Å²) >= 11 is 0. The maximum atomic E-state index is 11.0. The van der Waals surface area contributed by atoms with Gasteiger partial charge in [0, 0.05) is 19.6 Å². The summed E-state index contributed by atoms with van der Waals surface area (Å²) in [5.41, 5.74) is 1.17. The minimum absolute atomic E-state index is 0. The fraction of sp³-hybridized carbons (Fsp3) is 0.462. The Kier molecular flexibility index (Phi) is 6.32. The van der Waals surface area contributed by atoms with Gasteiger partial charge in [0.2, 0.25) is 0 Å². The van der Waals surface area contributed by atoms with Crippen molar-refractivity contribution in [3.8, 4) is 0 Å². The van der Waals surface area contributed by atoms with Crippen molar-refractivity contribution in [1.29, 1.82) is 0 Å². The predicted molar refractivity (Wildman–Crippen MR) is 70.6 cm³/mol. The van der Waals surface area contributed by atoms with Crippen LogP contribution in [-0.2, 0) is 11.3 Å². The minimum atomic E-state index is -0.907. The fourth-order valence-electron chi connectivity index (χ4n) is 2.24. The van der Waals surface area contributed by atoms with Crippen LogP contribution >= 0.6 is 0 Å². The number of hydrogen-bond acceptors (Lipinski definition) is 3. The van der Waals surface area contributed by atoms with Crippen LogP contribution in [0.4, 0.5) is 0 Å². The zero-order valence-electron chi connectivity index (χ0n) is 9.62. The number of carboxylic acids is 1. The summed E-state index contributed by atoms with van der Waals surface area (Å²) in [5, 5.41) is 18.6. The first-order valence-electron chi connectivity index (χ1n) is 5.84. The first-order chi connectivity index (χ1) is 8.16. The van der Waals surface area contributed by atoms with Crippen LogP contribution in [0.15, 0.2) is 30.3 Å². The molecule has 0 radical (unpaired) electrons. The summed E-state index contributed by atoms with van der Waals surface area (Å²) in [6.45, 7) is 1.92. The zero-order chi connectivity index (χ0) is 12.3. The number of aliphatic carboxylic acids is 1. The summed E-state index contributed by atoms with van der Waals surface area (Å²) in [6.07, 6.45) is -0.177. The van der Waals surface area contributed by atoms with Gasteiger partial charge >= 0.3 is 35.5 Å². The van der Waals surface area contributed by atoms with E-state index in [1.54, 1.807) is 0 Å². The second-order valence-electron chi connectivity index (χ2n) is 4.52. The molecular formula is C13H18NNaO3. The molecule has 1 fully saturated rings. The van der Waals surface area contributed by atoms with Gasteiger partial charge in [0.05, 0.1) is 12.0 Å². The Hall–Kier alpha value is -0.390. The third kappa shape index (κ3) is 4.07. The summed E-state index contributed by atoms with van der Waals surface area (Å²) in [6, 6.07) is 9.97. The van der Waals surface area contributed by atoms with Crippen LogP contribution in [0.2, 0.25) is 0 Å². The van der Waals surface area contributed by atoms with Gasteiger partial charge < -0.3 is 10.2 Å². The molecule has 0 spiro atoms. The van der Waals surface area contributed by atoms with Gasteiger partial charge in [0.15, 0.2) is 0 Å². The zero-order valence-corrected chi connectivity index (χ0v) is 9.62. The van der Waals surface area contributed by atoms with Crippen molar-refractivity contribution in [2.45, 2.75) is 19.1 Å². The van der Waals surface area contributed by atoms with Gasteiger partial charge in [-0.15, -0.1) is 0 Å². The van der Waals surface area contributed by atoms with Crippen molar-refractivity contribution in [2.24, 2.45) is 5.92 Å². The Morgan fingerprint density at radius 3 is 2.61 bits per heavy atom. The van der Waals surface area contributed by atoms with Crippen molar-refractivity contribution in [2.75, 3.05) is 13.1 Å². The van der Waals surface area contributed by atoms with E-state index in [4.69, 9.17) is 5.11 Å². The van der Waals surface area contributed by atoms with Crippen LogP contribution in [0.5, 0.6) is 0 Å². The number of rotatable bonds is 3. The molecule has 1 heterocycles. The molecule has 1 aliphatic rings. The van der Waals surface area contributed by atoms with Crippen LogP contribution in [0, 0.1) is 5.92 Å². The van der Waals surface area contributed by atoms with Gasteiger partial charge in [-0.05, 0) is 12.0 Å². The Morgan fingerprint density at radius 2 is 2.00 bits per heavy atom. The molecule has 0 saturated carbocycles. The van der Waals surface area contributed by atoms with Crippen molar-refractivity contribution in [3.63, 3.8) is 0 Å². The molecule has 2 atom stereocenters. The SMILES string of the molecule is O=C(O)C1CN(Cc2ccccc2)CCC1O.[NaH]. The average molecular weight is 259 g/mol. The number of hydrogen-bond donors (Lipinski definition) is 2. The van der Waals surface area contributed by atoms with Crippen LogP contribution in [-0.4, -0.2) is 69.8 Å². The molecule has 18 heavy (non-hydrogen) atoms. The normalized spacial score (nSPS) is 24.3. The van der Waals surface area contributed by atoms with Crippen molar-refractivity contribution in [1.82, 2.24) is 4.90 Å². The first-order valence-corrected chi connectivity index (χ1v) is 5.84. The number of piperidine rings is 1. The molecule has 5 heteroatoms. The van der Waals surface area contributed by atoms with Gasteiger partial charge in [0.1, 0.15) is 0 Å². The van der Waals surface area contributed by atoms with Gasteiger partial charge in [-0.3, -0.25) is 9.69 Å². The van der Waals surface area contributed by atoms with E-state index in [9.17, 15) is 9.90 Å². The molecule has 0 aromatic heterocycles. The number of carbonyl (C=O) groups is 1. The number of nitrogens with zero attached hydrogens (tertiary/aromatic N) is 1. The maximum absolute atomic E-state index is 11.0. The number of aliphatic hydroxyl groups is 1. The standard InChI is InChI=1S/C13H17NO3.Na.H/c15-12-6-7-14(9-11(12)13(16)17)8-10-4-2-1-3-5-10;;/h1-5,11-12,15H,6-9H2,(H,16,17);;. The Bertz CT molecular complexity index is 385. The summed E-state index contributed by atoms with van der Waals surface area (Å²) in [7, 11) is 0. The number of aliphatic hydroxyl groups excluding tert-OH is 1. The van der Waals surface area contributed by atoms with Crippen molar-refractivity contribution in [3.05, 3.63) is 35.9 Å². The monoisotopic (exact) mass is 259 g/mol. The molecular weight excluding hydrogens is 241 g/mol. The van der Waals surface area contributed by atoms with E-state index < -0.39 is 18.0 Å². The molecule has 2 N–H and O–H groups in total. The van der Waals surface area contributed by atoms with E-state index in [1.165, 1.54) is 5.56 Å². The van der Waals surface area contributed by atoms with E-state index in [0.29, 0.717) is 13.0 Å². The first kappa shape index (κ1) is 15.7. The molecule has 1 aromatic rings. The van der Waals surface area contributed by atoms with Crippen LogP contribution < -0.4 is 0 Å². The fourth-order valence-corrected chi connectivity index (χ4v) is 2.24. The van der Waals surface area contributed by atoms with Gasteiger partial charge in [-0.2, -0.15) is 0 Å². The third-order valence-corrected chi connectivity index (χ3v) is 3.23. The molecule has 1 saturated heterocycles. The summed E-state index contributed by atoms with van der Waals surface area (Å²) in [4.78, 5) is 13.1. The molecule has 2 rings (SSSR count). The third-order valence-electron chi connectivity index (χ3n) is 3.23. The van der Waals surface area contributed by atoms with Gasteiger partial charge in [-0.1, -0.05) is 30.3 Å². The molecule has 1 aromatic carbocycles. The van der Waals surface area contributed by atoms with Gasteiger partial charge in [0.25, 0.3) is 0 Å². The number of carboxylic acid groups (broad SMARTS) is 1. The van der Waals surface area contributed by atoms with Crippen LogP contribution in [0.1, 0.15) is 12.0 Å². The Morgan fingerprint density at radius 1 is 1.33 bits per heavy atom. The van der Waals surface area contributed by atoms with E-state index in [0.717, 1.165) is 13.1 Å². The number of likely N-dealkylation sites (tertiary alicyclic amines) is 1. The average Bonchev–Trinajstić information content (AvgIpc) is 2.32. The summed E-state index contributed by atoms with van der Waals surface area (Å²) in [5.74, 6) is -1.57. The van der Waals surface area contributed by atoms with E-state index in [1.807, 2.05) is 30.3 Å². The van der Waals surface area contributed by atoms with Gasteiger partial charge in [-0.25, -0.2) is 0 Å². The Labute approximate surface area is 129 Å². The van der Waals surface area contributed by atoms with E-state index in [2.05, 4.69) is 4.90 Å². The van der Waals surface area contributed by atoms with Crippen LogP contribution in [0.25, 0.3) is 0 Å². The Balaban J connectivity index is 0.00000162. The molecule has 0 amide bonds. The second kappa shape index (κ2) is 7.26. The summed E-state index contributed by atoms with van der Waals surface area (Å²) < 4.78 is 0.